The lowest BCUT2D eigenvalue weighted by molar-refractivity contribution is -0.151. The first kappa shape index (κ1) is 18.3. The van der Waals surface area contributed by atoms with E-state index in [1.807, 2.05) is 51.1 Å². The van der Waals surface area contributed by atoms with Crippen molar-refractivity contribution in [2.24, 2.45) is 5.92 Å². The molecule has 0 radical (unpaired) electrons. The molecule has 0 heterocycles. The summed E-state index contributed by atoms with van der Waals surface area (Å²) >= 11 is 0. The fourth-order valence-electron chi connectivity index (χ4n) is 2.86. The third-order valence-corrected chi connectivity index (χ3v) is 3.95. The number of amides is 1. The van der Waals surface area contributed by atoms with Crippen LogP contribution in [0.25, 0.3) is 0 Å². The van der Waals surface area contributed by atoms with E-state index in [-0.39, 0.29) is 17.9 Å². The highest BCUT2D eigenvalue weighted by Crippen LogP contribution is 2.26. The third-order valence-electron chi connectivity index (χ3n) is 3.95. The molecule has 5 nitrogen and oxygen atoms in total. The molecule has 1 amide bonds. The van der Waals surface area contributed by atoms with Crippen LogP contribution in [0.3, 0.4) is 0 Å². The van der Waals surface area contributed by atoms with Gasteiger partial charge in [0.2, 0.25) is 0 Å². The van der Waals surface area contributed by atoms with Gasteiger partial charge in [-0.3, -0.25) is 4.79 Å². The van der Waals surface area contributed by atoms with Gasteiger partial charge >= 0.3 is 12.1 Å². The van der Waals surface area contributed by atoms with Gasteiger partial charge in [-0.05, 0) is 45.6 Å². The molecular formula is C19H27NO4. The summed E-state index contributed by atoms with van der Waals surface area (Å²) in [7, 11) is 0. The minimum absolute atomic E-state index is 0.0390. The first-order chi connectivity index (χ1) is 11.3. The lowest BCUT2D eigenvalue weighted by atomic mass is 9.86. The number of hydrogen-bond donors (Lipinski definition) is 1. The molecule has 1 aromatic carbocycles. The highest BCUT2D eigenvalue weighted by molar-refractivity contribution is 5.73. The van der Waals surface area contributed by atoms with Gasteiger partial charge < -0.3 is 14.8 Å². The number of nitrogens with one attached hydrogen (secondary N) is 1. The lowest BCUT2D eigenvalue weighted by Crippen LogP contribution is -2.42. The molecule has 0 saturated heterocycles. The molecule has 1 fully saturated rings. The van der Waals surface area contributed by atoms with E-state index < -0.39 is 11.7 Å². The summed E-state index contributed by atoms with van der Waals surface area (Å²) < 4.78 is 10.7. The van der Waals surface area contributed by atoms with E-state index in [4.69, 9.17) is 9.47 Å². The van der Waals surface area contributed by atoms with Crippen LogP contribution in [-0.2, 0) is 20.9 Å². The van der Waals surface area contributed by atoms with Gasteiger partial charge in [0.25, 0.3) is 0 Å². The van der Waals surface area contributed by atoms with Gasteiger partial charge in [0, 0.05) is 6.04 Å². The Morgan fingerprint density at radius 1 is 1.17 bits per heavy atom. The molecule has 24 heavy (non-hydrogen) atoms. The largest absolute Gasteiger partial charge is 0.461 e. The zero-order valence-electron chi connectivity index (χ0n) is 14.7. The van der Waals surface area contributed by atoms with Crippen molar-refractivity contribution in [3.05, 3.63) is 35.9 Å². The van der Waals surface area contributed by atoms with E-state index in [9.17, 15) is 9.59 Å². The van der Waals surface area contributed by atoms with Crippen LogP contribution in [0, 0.1) is 5.92 Å². The molecule has 0 bridgehead atoms. The van der Waals surface area contributed by atoms with Crippen molar-refractivity contribution in [1.29, 1.82) is 0 Å². The summed E-state index contributed by atoms with van der Waals surface area (Å²) in [4.78, 5) is 24.1. The SMILES string of the molecule is CC(C)(C)OC(=O)N[C@@H]1CCC[C@H](C(=O)OCc2ccccc2)C1. The minimum atomic E-state index is -0.521. The highest BCUT2D eigenvalue weighted by Gasteiger charge is 2.30. The van der Waals surface area contributed by atoms with Crippen LogP contribution in [0.15, 0.2) is 30.3 Å². The van der Waals surface area contributed by atoms with Crippen LogP contribution >= 0.6 is 0 Å². The summed E-state index contributed by atoms with van der Waals surface area (Å²) in [6, 6.07) is 9.60. The molecule has 1 aliphatic rings. The van der Waals surface area contributed by atoms with Crippen LogP contribution in [0.2, 0.25) is 0 Å². The maximum Gasteiger partial charge on any atom is 0.407 e. The molecule has 1 aliphatic carbocycles. The predicted octanol–water partition coefficient (Wildman–Crippen LogP) is 3.81. The standard InChI is InChI=1S/C19H27NO4/c1-19(2,3)24-18(22)20-16-11-7-10-15(12-16)17(21)23-13-14-8-5-4-6-9-14/h4-6,8-9,15-16H,7,10-13H2,1-3H3,(H,20,22)/t15-,16+/m0/s1. The minimum Gasteiger partial charge on any atom is -0.461 e. The van der Waals surface area contributed by atoms with Crippen molar-refractivity contribution in [3.63, 3.8) is 0 Å². The van der Waals surface area contributed by atoms with Gasteiger partial charge in [0.15, 0.2) is 0 Å². The summed E-state index contributed by atoms with van der Waals surface area (Å²) in [6.07, 6.45) is 2.74. The molecule has 1 aromatic rings. The first-order valence-corrected chi connectivity index (χ1v) is 8.53. The molecule has 1 N–H and O–H groups in total. The van der Waals surface area contributed by atoms with Crippen molar-refractivity contribution in [1.82, 2.24) is 5.32 Å². The van der Waals surface area contributed by atoms with Gasteiger partial charge in [-0.1, -0.05) is 36.8 Å². The number of rotatable bonds is 4. The zero-order valence-corrected chi connectivity index (χ0v) is 14.7. The number of alkyl carbamates (subject to hydrolysis) is 1. The Balaban J connectivity index is 1.79. The Morgan fingerprint density at radius 3 is 2.54 bits per heavy atom. The van der Waals surface area contributed by atoms with Crippen molar-refractivity contribution in [2.75, 3.05) is 0 Å². The Kier molecular flexibility index (Phi) is 6.23. The molecule has 2 atom stereocenters. The number of carbonyl (C=O) groups excluding carboxylic acids is 2. The average molecular weight is 333 g/mol. The molecule has 5 heteroatoms. The summed E-state index contributed by atoms with van der Waals surface area (Å²) in [5.74, 6) is -0.350. The normalized spacial score (nSPS) is 21.0. The number of hydrogen-bond acceptors (Lipinski definition) is 4. The van der Waals surface area contributed by atoms with Crippen LogP contribution in [-0.4, -0.2) is 23.7 Å². The third kappa shape index (κ3) is 6.22. The van der Waals surface area contributed by atoms with Crippen molar-refractivity contribution < 1.29 is 19.1 Å². The Morgan fingerprint density at radius 2 is 1.88 bits per heavy atom. The lowest BCUT2D eigenvalue weighted by Gasteiger charge is -2.29. The first-order valence-electron chi connectivity index (χ1n) is 8.53. The van der Waals surface area contributed by atoms with Gasteiger partial charge in [-0.25, -0.2) is 4.79 Å². The van der Waals surface area contributed by atoms with Gasteiger partial charge in [-0.15, -0.1) is 0 Å². The summed E-state index contributed by atoms with van der Waals surface area (Å²) in [6.45, 7) is 5.78. The van der Waals surface area contributed by atoms with Crippen LogP contribution in [0.5, 0.6) is 0 Å². The Labute approximate surface area is 143 Å². The fourth-order valence-corrected chi connectivity index (χ4v) is 2.86. The van der Waals surface area contributed by atoms with Gasteiger partial charge in [-0.2, -0.15) is 0 Å². The average Bonchev–Trinajstić information content (AvgIpc) is 2.52. The summed E-state index contributed by atoms with van der Waals surface area (Å²) in [5.41, 5.74) is 0.456. The molecule has 132 valence electrons. The second kappa shape index (κ2) is 8.18. The van der Waals surface area contributed by atoms with Crippen LogP contribution in [0.4, 0.5) is 4.79 Å². The van der Waals surface area contributed by atoms with E-state index in [0.29, 0.717) is 13.0 Å². The molecule has 0 spiro atoms. The van der Waals surface area contributed by atoms with E-state index >= 15 is 0 Å². The molecule has 0 aromatic heterocycles. The molecule has 1 saturated carbocycles. The maximum atomic E-state index is 12.3. The Bertz CT molecular complexity index is 550. The van der Waals surface area contributed by atoms with E-state index in [2.05, 4.69) is 5.32 Å². The maximum absolute atomic E-state index is 12.3. The molecule has 0 unspecified atom stereocenters. The fraction of sp³-hybridized carbons (Fsp3) is 0.579. The number of benzene rings is 1. The van der Waals surface area contributed by atoms with Crippen molar-refractivity contribution in [2.45, 2.75) is 64.7 Å². The van der Waals surface area contributed by atoms with Crippen LogP contribution in [0.1, 0.15) is 52.0 Å². The zero-order chi connectivity index (χ0) is 17.6. The van der Waals surface area contributed by atoms with Crippen molar-refractivity contribution in [3.8, 4) is 0 Å². The molecule has 0 aliphatic heterocycles. The number of ether oxygens (including phenoxy) is 2. The number of carbonyl (C=O) groups is 2. The second-order valence-corrected chi connectivity index (χ2v) is 7.30. The van der Waals surface area contributed by atoms with Gasteiger partial charge in [0.1, 0.15) is 12.2 Å². The second-order valence-electron chi connectivity index (χ2n) is 7.30. The topological polar surface area (TPSA) is 64.6 Å². The highest BCUT2D eigenvalue weighted by atomic mass is 16.6. The van der Waals surface area contributed by atoms with E-state index in [0.717, 1.165) is 24.8 Å². The molecule has 2 rings (SSSR count). The Hall–Kier alpha value is -2.04. The number of esters is 1. The quantitative estimate of drug-likeness (QED) is 0.851. The van der Waals surface area contributed by atoms with Gasteiger partial charge in [0.05, 0.1) is 5.92 Å². The predicted molar refractivity (Wildman–Crippen MR) is 91.4 cm³/mol. The smallest absolute Gasteiger partial charge is 0.407 e. The molecular weight excluding hydrogens is 306 g/mol. The van der Waals surface area contributed by atoms with Crippen molar-refractivity contribution >= 4 is 12.1 Å². The van der Waals surface area contributed by atoms with E-state index in [1.165, 1.54) is 0 Å². The summed E-state index contributed by atoms with van der Waals surface area (Å²) in [5, 5.41) is 2.87. The van der Waals surface area contributed by atoms with E-state index in [1.54, 1.807) is 0 Å². The monoisotopic (exact) mass is 333 g/mol. The van der Waals surface area contributed by atoms with Crippen LogP contribution < -0.4 is 5.32 Å².